The quantitative estimate of drug-likeness (QED) is 0.421. The molecule has 1 aliphatic heterocycles. The maximum absolute atomic E-state index is 13.8. The van der Waals surface area contributed by atoms with Crippen LogP contribution in [0.3, 0.4) is 0 Å². The zero-order valence-corrected chi connectivity index (χ0v) is 18.2. The van der Waals surface area contributed by atoms with Crippen molar-refractivity contribution in [3.63, 3.8) is 0 Å². The number of nitrogens with one attached hydrogen (secondary N) is 2. The number of nitrogens with zero attached hydrogens (tertiary/aromatic N) is 3. The molecule has 2 aromatic heterocycles. The topological polar surface area (TPSA) is 90.7 Å². The Morgan fingerprint density at radius 3 is 2.65 bits per heavy atom. The van der Waals surface area contributed by atoms with Crippen LogP contribution in [0.4, 0.5) is 14.6 Å². The van der Waals surface area contributed by atoms with Crippen LogP contribution in [0.25, 0.3) is 21.7 Å². The van der Waals surface area contributed by atoms with E-state index in [2.05, 4.69) is 20.6 Å². The molecule has 1 saturated heterocycles. The largest absolute Gasteiger partial charge is 0.357 e. The van der Waals surface area contributed by atoms with Crippen molar-refractivity contribution in [3.05, 3.63) is 77.6 Å². The first-order valence-electron chi connectivity index (χ1n) is 11.1. The minimum atomic E-state index is -1.03. The highest BCUT2D eigenvalue weighted by atomic mass is 19.2. The summed E-state index contributed by atoms with van der Waals surface area (Å²) in [6.45, 7) is 0.766. The number of halogens is 2. The van der Waals surface area contributed by atoms with Crippen LogP contribution < -0.4 is 10.6 Å². The number of pyridine rings is 2. The minimum Gasteiger partial charge on any atom is -0.357 e. The van der Waals surface area contributed by atoms with Gasteiger partial charge in [-0.2, -0.15) is 5.26 Å². The smallest absolute Gasteiger partial charge is 0.204 e. The molecule has 6 nitrogen and oxygen atoms in total. The van der Waals surface area contributed by atoms with E-state index >= 15 is 0 Å². The number of hydrogen-bond donors (Lipinski definition) is 2. The third-order valence-electron chi connectivity index (χ3n) is 6.19. The summed E-state index contributed by atoms with van der Waals surface area (Å²) in [5.74, 6) is -2.13. The van der Waals surface area contributed by atoms with Gasteiger partial charge in [-0.3, -0.25) is 9.78 Å². The SMILES string of the molecule is N#Cc1cc2cc(F)c(F)cc2nc1N[C@H](C(=O)c1cc2ccccc2cn1)C1CCCCN1. The Balaban J connectivity index is 1.56. The molecule has 1 unspecified atom stereocenters. The van der Waals surface area contributed by atoms with Crippen molar-refractivity contribution in [1.82, 2.24) is 15.3 Å². The fraction of sp³-hybridized carbons (Fsp3) is 0.231. The van der Waals surface area contributed by atoms with E-state index in [0.29, 0.717) is 11.1 Å². The molecule has 4 aromatic rings. The number of aromatic nitrogens is 2. The molecular weight excluding hydrogens is 436 g/mol. The number of anilines is 1. The number of rotatable bonds is 5. The summed E-state index contributed by atoms with van der Waals surface area (Å²) < 4.78 is 27.5. The van der Waals surface area contributed by atoms with E-state index in [1.54, 1.807) is 12.3 Å². The third kappa shape index (κ3) is 4.18. The average Bonchev–Trinajstić information content (AvgIpc) is 2.87. The molecule has 0 amide bonds. The number of fused-ring (bicyclic) bond motifs is 2. The van der Waals surface area contributed by atoms with Crippen LogP contribution in [0, 0.1) is 23.0 Å². The minimum absolute atomic E-state index is 0.138. The maximum Gasteiger partial charge on any atom is 0.204 e. The lowest BCUT2D eigenvalue weighted by molar-refractivity contribution is 0.0941. The van der Waals surface area contributed by atoms with Gasteiger partial charge in [0.25, 0.3) is 0 Å². The molecule has 2 N–H and O–H groups in total. The fourth-order valence-electron chi connectivity index (χ4n) is 4.40. The summed E-state index contributed by atoms with van der Waals surface area (Å²) >= 11 is 0. The zero-order valence-electron chi connectivity index (χ0n) is 18.2. The first-order chi connectivity index (χ1) is 16.5. The van der Waals surface area contributed by atoms with Gasteiger partial charge < -0.3 is 10.6 Å². The highest BCUT2D eigenvalue weighted by Gasteiger charge is 2.32. The second-order valence-corrected chi connectivity index (χ2v) is 8.41. The van der Waals surface area contributed by atoms with Crippen LogP contribution in [0.15, 0.2) is 54.7 Å². The van der Waals surface area contributed by atoms with Crippen molar-refractivity contribution in [2.75, 3.05) is 11.9 Å². The summed E-state index contributed by atoms with van der Waals surface area (Å²) in [5.41, 5.74) is 0.626. The van der Waals surface area contributed by atoms with Crippen LogP contribution in [0.1, 0.15) is 35.3 Å². The Morgan fingerprint density at radius 2 is 1.88 bits per heavy atom. The van der Waals surface area contributed by atoms with E-state index < -0.39 is 17.7 Å². The molecule has 170 valence electrons. The highest BCUT2D eigenvalue weighted by Crippen LogP contribution is 2.25. The third-order valence-corrected chi connectivity index (χ3v) is 6.19. The Morgan fingerprint density at radius 1 is 1.09 bits per heavy atom. The Hall–Kier alpha value is -3.96. The molecule has 0 spiro atoms. The van der Waals surface area contributed by atoms with Crippen LogP contribution >= 0.6 is 0 Å². The van der Waals surface area contributed by atoms with Gasteiger partial charge in [-0.05, 0) is 43.0 Å². The molecule has 0 saturated carbocycles. The van der Waals surface area contributed by atoms with Gasteiger partial charge in [0, 0.05) is 29.1 Å². The van der Waals surface area contributed by atoms with E-state index in [0.717, 1.165) is 48.7 Å². The first-order valence-corrected chi connectivity index (χ1v) is 11.1. The van der Waals surface area contributed by atoms with E-state index in [9.17, 15) is 18.8 Å². The van der Waals surface area contributed by atoms with Crippen LogP contribution in [0.5, 0.6) is 0 Å². The first kappa shape index (κ1) is 21.9. The van der Waals surface area contributed by atoms with Crippen LogP contribution in [0.2, 0.25) is 0 Å². The average molecular weight is 457 g/mol. The second kappa shape index (κ2) is 9.12. The van der Waals surface area contributed by atoms with E-state index in [-0.39, 0.29) is 28.7 Å². The summed E-state index contributed by atoms with van der Waals surface area (Å²) in [5, 5.41) is 18.3. The normalized spacial score (nSPS) is 16.8. The molecule has 0 aliphatic carbocycles. The standard InChI is InChI=1S/C26H21F2N5O/c27-19-10-17-9-18(13-29)26(32-22(17)12-20(19)28)33-24(21-7-3-4-8-30-21)25(34)23-11-15-5-1-2-6-16(15)14-31-23/h1-2,5-6,9-12,14,21,24,30H,3-4,7-8H2,(H,32,33)/t21?,24-/m0/s1. The van der Waals surface area contributed by atoms with Crippen molar-refractivity contribution in [2.24, 2.45) is 0 Å². The van der Waals surface area contributed by atoms with Gasteiger partial charge in [0.05, 0.1) is 11.1 Å². The molecular formula is C26H21F2N5O. The van der Waals surface area contributed by atoms with Gasteiger partial charge in [-0.1, -0.05) is 30.7 Å². The number of carbonyl (C=O) groups excluding carboxylic acids is 1. The predicted molar refractivity (Wildman–Crippen MR) is 125 cm³/mol. The Labute approximate surface area is 194 Å². The van der Waals surface area contributed by atoms with Crippen LogP contribution in [-0.2, 0) is 0 Å². The van der Waals surface area contributed by atoms with Crippen molar-refractivity contribution in [3.8, 4) is 6.07 Å². The Bertz CT molecular complexity index is 1440. The summed E-state index contributed by atoms with van der Waals surface area (Å²) in [7, 11) is 0. The van der Waals surface area contributed by atoms with Gasteiger partial charge in [0.1, 0.15) is 23.6 Å². The van der Waals surface area contributed by atoms with Gasteiger partial charge >= 0.3 is 0 Å². The lowest BCUT2D eigenvalue weighted by atomic mass is 9.93. The molecule has 2 aromatic carbocycles. The number of ketones is 1. The van der Waals surface area contributed by atoms with Crippen LogP contribution in [-0.4, -0.2) is 34.4 Å². The summed E-state index contributed by atoms with van der Waals surface area (Å²) in [4.78, 5) is 22.4. The lowest BCUT2D eigenvalue weighted by Crippen LogP contribution is -2.51. The van der Waals surface area contributed by atoms with Crippen molar-refractivity contribution >= 4 is 33.3 Å². The number of carbonyl (C=O) groups is 1. The molecule has 0 bridgehead atoms. The van der Waals surface area contributed by atoms with Crippen molar-refractivity contribution < 1.29 is 13.6 Å². The second-order valence-electron chi connectivity index (χ2n) is 8.41. The predicted octanol–water partition coefficient (Wildman–Crippen LogP) is 4.74. The molecule has 5 rings (SSSR count). The van der Waals surface area contributed by atoms with Crippen molar-refractivity contribution in [1.29, 1.82) is 5.26 Å². The molecule has 3 heterocycles. The molecule has 34 heavy (non-hydrogen) atoms. The highest BCUT2D eigenvalue weighted by molar-refractivity contribution is 6.03. The van der Waals surface area contributed by atoms with Gasteiger partial charge in [0.15, 0.2) is 11.6 Å². The number of nitriles is 1. The van der Waals surface area contributed by atoms with Crippen molar-refractivity contribution in [2.45, 2.75) is 31.3 Å². The van der Waals surface area contributed by atoms with Gasteiger partial charge in [-0.25, -0.2) is 13.8 Å². The van der Waals surface area contributed by atoms with Gasteiger partial charge in [-0.15, -0.1) is 0 Å². The van der Waals surface area contributed by atoms with E-state index in [4.69, 9.17) is 0 Å². The molecule has 1 aliphatic rings. The molecule has 2 atom stereocenters. The maximum atomic E-state index is 13.8. The Kier molecular flexibility index (Phi) is 5.86. The fourth-order valence-corrected chi connectivity index (χ4v) is 4.40. The zero-order chi connectivity index (χ0) is 23.7. The van der Waals surface area contributed by atoms with Gasteiger partial charge in [0.2, 0.25) is 5.78 Å². The monoisotopic (exact) mass is 457 g/mol. The lowest BCUT2D eigenvalue weighted by Gasteiger charge is -2.31. The van der Waals surface area contributed by atoms with E-state index in [1.807, 2.05) is 30.3 Å². The summed E-state index contributed by atoms with van der Waals surface area (Å²) in [6, 6.07) is 13.9. The number of benzene rings is 2. The molecule has 8 heteroatoms. The number of piperidine rings is 1. The number of hydrogen-bond acceptors (Lipinski definition) is 6. The van der Waals surface area contributed by atoms with E-state index in [1.165, 1.54) is 6.07 Å². The molecule has 1 fully saturated rings. The molecule has 0 radical (unpaired) electrons. The number of Topliss-reactive ketones (excluding diaryl/α,β-unsaturated/α-hetero) is 1. The summed E-state index contributed by atoms with van der Waals surface area (Å²) in [6.07, 6.45) is 4.38.